The van der Waals surface area contributed by atoms with Gasteiger partial charge in [-0.25, -0.2) is 8.42 Å². The lowest BCUT2D eigenvalue weighted by molar-refractivity contribution is -0.137. The first-order valence-electron chi connectivity index (χ1n) is 9.28. The summed E-state index contributed by atoms with van der Waals surface area (Å²) in [5, 5.41) is 2.87. The molecule has 1 aromatic heterocycles. The number of halogens is 3. The Morgan fingerprint density at radius 2 is 1.80 bits per heavy atom. The second-order valence-corrected chi connectivity index (χ2v) is 9.29. The van der Waals surface area contributed by atoms with Crippen molar-refractivity contribution in [2.24, 2.45) is 5.92 Å². The van der Waals surface area contributed by atoms with Crippen LogP contribution in [0.15, 0.2) is 36.4 Å². The van der Waals surface area contributed by atoms with Gasteiger partial charge in [-0.2, -0.15) is 13.2 Å². The quantitative estimate of drug-likeness (QED) is 0.715. The molecule has 6 nitrogen and oxygen atoms in total. The fraction of sp³-hybridized carbons (Fsp3) is 0.400. The molecule has 3 unspecified atom stereocenters. The van der Waals surface area contributed by atoms with Crippen molar-refractivity contribution < 1.29 is 26.4 Å². The van der Waals surface area contributed by atoms with Crippen molar-refractivity contribution in [3.05, 3.63) is 58.9 Å². The molecular weight excluding hydrogens is 419 g/mol. The van der Waals surface area contributed by atoms with Gasteiger partial charge in [0.1, 0.15) is 0 Å². The Bertz CT molecular complexity index is 1050. The molecule has 0 bridgehead atoms. The zero-order valence-corrected chi connectivity index (χ0v) is 17.4. The minimum absolute atomic E-state index is 0.101. The number of rotatable bonds is 6. The van der Waals surface area contributed by atoms with E-state index in [1.165, 1.54) is 12.1 Å². The number of carbonyl (C=O) groups excluding carboxylic acids is 1. The molecule has 0 radical (unpaired) electrons. The molecule has 30 heavy (non-hydrogen) atoms. The highest BCUT2D eigenvalue weighted by atomic mass is 32.2. The maximum Gasteiger partial charge on any atom is 0.416 e. The number of anilines is 1. The van der Waals surface area contributed by atoms with E-state index in [0.29, 0.717) is 29.1 Å². The highest BCUT2D eigenvalue weighted by molar-refractivity contribution is 7.92. The first-order chi connectivity index (χ1) is 13.8. The number of alkyl halides is 3. The topological polar surface area (TPSA) is 88.2 Å². The number of pyridine rings is 1. The van der Waals surface area contributed by atoms with E-state index < -0.39 is 27.8 Å². The van der Waals surface area contributed by atoms with Crippen LogP contribution in [-0.2, 0) is 21.0 Å². The lowest BCUT2D eigenvalue weighted by atomic mass is 10.1. The highest BCUT2D eigenvalue weighted by Crippen LogP contribution is 2.48. The average Bonchev–Trinajstić information content (AvgIpc) is 3.42. The summed E-state index contributed by atoms with van der Waals surface area (Å²) in [7, 11) is -3.42. The van der Waals surface area contributed by atoms with Gasteiger partial charge in [0, 0.05) is 5.92 Å². The van der Waals surface area contributed by atoms with Crippen LogP contribution in [-0.4, -0.2) is 25.6 Å². The minimum atomic E-state index is -4.38. The summed E-state index contributed by atoms with van der Waals surface area (Å²) in [6.45, 7) is 3.42. The molecule has 1 aliphatic rings. The molecule has 1 fully saturated rings. The van der Waals surface area contributed by atoms with Gasteiger partial charge in [-0.05, 0) is 56.0 Å². The van der Waals surface area contributed by atoms with Crippen LogP contribution in [0.2, 0.25) is 0 Å². The molecule has 0 saturated heterocycles. The molecule has 10 heteroatoms. The molecule has 3 atom stereocenters. The van der Waals surface area contributed by atoms with Crippen LogP contribution >= 0.6 is 0 Å². The summed E-state index contributed by atoms with van der Waals surface area (Å²) in [6.07, 6.45) is -2.76. The number of carbonyl (C=O) groups is 1. The van der Waals surface area contributed by atoms with Crippen molar-refractivity contribution in [2.45, 2.75) is 38.4 Å². The van der Waals surface area contributed by atoms with Crippen molar-refractivity contribution in [1.29, 1.82) is 0 Å². The number of hydrogen-bond acceptors (Lipinski definition) is 4. The number of nitrogens with one attached hydrogen (secondary N) is 2. The SMILES string of the molecule is Cc1nc(C(C)NC(=O)C2CC2c2ccc(C(F)(F)F)cc2)ccc1NS(C)(=O)=O. The molecule has 0 aliphatic heterocycles. The fourth-order valence-corrected chi connectivity index (χ4v) is 3.91. The van der Waals surface area contributed by atoms with E-state index in [9.17, 15) is 26.4 Å². The lowest BCUT2D eigenvalue weighted by Gasteiger charge is -2.16. The number of aryl methyl sites for hydroxylation is 1. The Hall–Kier alpha value is -2.62. The van der Waals surface area contributed by atoms with Crippen LogP contribution in [0.3, 0.4) is 0 Å². The van der Waals surface area contributed by atoms with Gasteiger partial charge in [-0.1, -0.05) is 12.1 Å². The third kappa shape index (κ3) is 5.29. The first kappa shape index (κ1) is 22.1. The molecule has 2 N–H and O–H groups in total. The van der Waals surface area contributed by atoms with Gasteiger partial charge in [0.25, 0.3) is 0 Å². The van der Waals surface area contributed by atoms with E-state index in [1.54, 1.807) is 26.0 Å². The van der Waals surface area contributed by atoms with Crippen molar-refractivity contribution in [3.63, 3.8) is 0 Å². The zero-order valence-electron chi connectivity index (χ0n) is 16.6. The zero-order chi connectivity index (χ0) is 22.3. The molecule has 3 rings (SSSR count). The van der Waals surface area contributed by atoms with Crippen LogP contribution in [0.4, 0.5) is 18.9 Å². The van der Waals surface area contributed by atoms with Crippen LogP contribution in [0, 0.1) is 12.8 Å². The van der Waals surface area contributed by atoms with Crippen molar-refractivity contribution in [1.82, 2.24) is 10.3 Å². The first-order valence-corrected chi connectivity index (χ1v) is 11.2. The monoisotopic (exact) mass is 441 g/mol. The number of aromatic nitrogens is 1. The molecule has 1 aliphatic carbocycles. The maximum absolute atomic E-state index is 12.7. The summed E-state index contributed by atoms with van der Waals surface area (Å²) in [6, 6.07) is 7.71. The lowest BCUT2D eigenvalue weighted by Crippen LogP contribution is -2.29. The normalized spacial score (nSPS) is 19.8. The molecule has 1 amide bonds. The molecule has 0 spiro atoms. The Morgan fingerprint density at radius 3 is 2.33 bits per heavy atom. The van der Waals surface area contributed by atoms with Crippen molar-refractivity contribution in [3.8, 4) is 0 Å². The Kier molecular flexibility index (Phi) is 5.81. The van der Waals surface area contributed by atoms with Gasteiger partial charge < -0.3 is 5.32 Å². The number of nitrogens with zero attached hydrogens (tertiary/aromatic N) is 1. The summed E-state index contributed by atoms with van der Waals surface area (Å²) < 4.78 is 63.1. The summed E-state index contributed by atoms with van der Waals surface area (Å²) in [4.78, 5) is 16.9. The predicted molar refractivity (Wildman–Crippen MR) is 106 cm³/mol. The number of benzene rings is 1. The predicted octanol–water partition coefficient (Wildman–Crippen LogP) is 3.76. The second-order valence-electron chi connectivity index (χ2n) is 7.54. The van der Waals surface area contributed by atoms with Crippen LogP contribution in [0.1, 0.15) is 47.8 Å². The minimum Gasteiger partial charge on any atom is -0.348 e. The molecule has 1 aromatic carbocycles. The molecule has 1 heterocycles. The molecule has 162 valence electrons. The number of sulfonamides is 1. The van der Waals surface area contributed by atoms with Gasteiger partial charge in [-0.3, -0.25) is 14.5 Å². The van der Waals surface area contributed by atoms with E-state index in [1.807, 2.05) is 0 Å². The summed E-state index contributed by atoms with van der Waals surface area (Å²) in [5.74, 6) is -0.586. The second kappa shape index (κ2) is 7.90. The molecular formula is C20H22F3N3O3S. The van der Waals surface area contributed by atoms with E-state index in [2.05, 4.69) is 15.0 Å². The Morgan fingerprint density at radius 1 is 1.17 bits per heavy atom. The summed E-state index contributed by atoms with van der Waals surface area (Å²) in [5.41, 5.74) is 1.42. The van der Waals surface area contributed by atoms with Crippen molar-refractivity contribution in [2.75, 3.05) is 11.0 Å². The Labute approximate surface area is 173 Å². The molecule has 2 aromatic rings. The standard InChI is InChI=1S/C20H22F3N3O3S/c1-11(17-8-9-18(12(2)24-17)26-30(3,28)29)25-19(27)16-10-15(16)13-4-6-14(7-5-13)20(21,22)23/h4-9,11,15-16,26H,10H2,1-3H3,(H,25,27). The summed E-state index contributed by atoms with van der Waals surface area (Å²) >= 11 is 0. The van der Waals surface area contributed by atoms with E-state index >= 15 is 0 Å². The van der Waals surface area contributed by atoms with Gasteiger partial charge in [0.05, 0.1) is 34.9 Å². The molecule has 1 saturated carbocycles. The van der Waals surface area contributed by atoms with Crippen LogP contribution < -0.4 is 10.0 Å². The third-order valence-corrected chi connectivity index (χ3v) is 5.59. The van der Waals surface area contributed by atoms with Gasteiger partial charge in [0.15, 0.2) is 0 Å². The van der Waals surface area contributed by atoms with Gasteiger partial charge >= 0.3 is 6.18 Å². The third-order valence-electron chi connectivity index (χ3n) is 5.00. The number of amides is 1. The van der Waals surface area contributed by atoms with Crippen LogP contribution in [0.25, 0.3) is 0 Å². The fourth-order valence-electron chi connectivity index (χ4n) is 3.30. The van der Waals surface area contributed by atoms with E-state index in [4.69, 9.17) is 0 Å². The van der Waals surface area contributed by atoms with Crippen molar-refractivity contribution >= 4 is 21.6 Å². The van der Waals surface area contributed by atoms with Gasteiger partial charge in [0.2, 0.25) is 15.9 Å². The largest absolute Gasteiger partial charge is 0.416 e. The number of hydrogen-bond donors (Lipinski definition) is 2. The van der Waals surface area contributed by atoms with E-state index in [-0.39, 0.29) is 17.7 Å². The average molecular weight is 441 g/mol. The van der Waals surface area contributed by atoms with Crippen LogP contribution in [0.5, 0.6) is 0 Å². The maximum atomic E-state index is 12.7. The van der Waals surface area contributed by atoms with Gasteiger partial charge in [-0.15, -0.1) is 0 Å². The van der Waals surface area contributed by atoms with E-state index in [0.717, 1.165) is 18.4 Å². The highest BCUT2D eigenvalue weighted by Gasteiger charge is 2.44. The Balaban J connectivity index is 1.61. The smallest absolute Gasteiger partial charge is 0.348 e.